The minimum atomic E-state index is 0.606. The van der Waals surface area contributed by atoms with Crippen molar-refractivity contribution in [1.29, 1.82) is 0 Å². The number of nitrogens with zero attached hydrogens (tertiary/aromatic N) is 2. The summed E-state index contributed by atoms with van der Waals surface area (Å²) in [5.41, 5.74) is 1.11. The summed E-state index contributed by atoms with van der Waals surface area (Å²) in [4.78, 5) is 9.03. The maximum Gasteiger partial charge on any atom is 0.133 e. The fourth-order valence-electron chi connectivity index (χ4n) is 1.65. The normalized spacial score (nSPS) is 10.9. The molecule has 0 fully saturated rings. The van der Waals surface area contributed by atoms with E-state index in [1.165, 1.54) is 0 Å². The third-order valence-electron chi connectivity index (χ3n) is 2.33. The second kappa shape index (κ2) is 7.22. The van der Waals surface area contributed by atoms with E-state index in [-0.39, 0.29) is 0 Å². The first-order valence-electron chi connectivity index (χ1n) is 6.25. The Labute approximate surface area is 104 Å². The van der Waals surface area contributed by atoms with E-state index in [2.05, 4.69) is 36.1 Å². The topological polar surface area (TPSA) is 47.0 Å². The molecule has 0 unspecified atom stereocenters. The maximum atomic E-state index is 5.07. The van der Waals surface area contributed by atoms with Gasteiger partial charge in [-0.15, -0.1) is 0 Å². The summed E-state index contributed by atoms with van der Waals surface area (Å²) in [6.07, 6.45) is 1.75. The van der Waals surface area contributed by atoms with E-state index < -0.39 is 0 Å². The summed E-state index contributed by atoms with van der Waals surface area (Å²) in [5.74, 6) is 2.39. The van der Waals surface area contributed by atoms with Crippen molar-refractivity contribution in [1.82, 2.24) is 9.97 Å². The van der Waals surface area contributed by atoms with E-state index in [0.29, 0.717) is 12.5 Å². The predicted molar refractivity (Wildman–Crippen MR) is 70.3 cm³/mol. The molecule has 4 heteroatoms. The first-order chi connectivity index (χ1) is 8.15. The van der Waals surface area contributed by atoms with Crippen molar-refractivity contribution in [3.63, 3.8) is 0 Å². The fourth-order valence-corrected chi connectivity index (χ4v) is 1.65. The molecule has 0 atom stereocenters. The molecule has 0 spiro atoms. The van der Waals surface area contributed by atoms with Crippen molar-refractivity contribution >= 4 is 5.82 Å². The van der Waals surface area contributed by atoms with Crippen molar-refractivity contribution in [3.05, 3.63) is 17.6 Å². The van der Waals surface area contributed by atoms with E-state index in [0.717, 1.165) is 36.7 Å². The van der Waals surface area contributed by atoms with Gasteiger partial charge in [-0.1, -0.05) is 13.8 Å². The molecule has 1 heterocycles. The van der Waals surface area contributed by atoms with Crippen molar-refractivity contribution in [3.8, 4) is 0 Å². The minimum Gasteiger partial charge on any atom is -0.384 e. The molecule has 1 aromatic heterocycles. The van der Waals surface area contributed by atoms with E-state index in [1.807, 2.05) is 6.07 Å². The summed E-state index contributed by atoms with van der Waals surface area (Å²) in [6, 6.07) is 2.04. The van der Waals surface area contributed by atoms with Crippen molar-refractivity contribution in [2.75, 3.05) is 25.6 Å². The van der Waals surface area contributed by atoms with Crippen LogP contribution in [0.2, 0.25) is 0 Å². The van der Waals surface area contributed by atoms with Crippen molar-refractivity contribution in [2.24, 2.45) is 5.92 Å². The molecular formula is C13H23N3O. The van der Waals surface area contributed by atoms with Gasteiger partial charge in [-0.3, -0.25) is 0 Å². The van der Waals surface area contributed by atoms with Gasteiger partial charge < -0.3 is 10.1 Å². The highest BCUT2D eigenvalue weighted by molar-refractivity contribution is 5.36. The van der Waals surface area contributed by atoms with Crippen molar-refractivity contribution in [2.45, 2.75) is 33.6 Å². The molecule has 0 aliphatic rings. The SMILES string of the molecule is CCNc1cc(CC(C)C)nc(CCOC)n1. The second-order valence-corrected chi connectivity index (χ2v) is 4.53. The van der Waals surface area contributed by atoms with Gasteiger partial charge >= 0.3 is 0 Å². The number of methoxy groups -OCH3 is 1. The molecule has 0 amide bonds. The number of ether oxygens (including phenoxy) is 1. The largest absolute Gasteiger partial charge is 0.384 e. The molecule has 0 radical (unpaired) electrons. The monoisotopic (exact) mass is 237 g/mol. The lowest BCUT2D eigenvalue weighted by atomic mass is 10.1. The van der Waals surface area contributed by atoms with Crippen LogP contribution in [0.3, 0.4) is 0 Å². The molecule has 96 valence electrons. The Kier molecular flexibility index (Phi) is 5.91. The number of hydrogen-bond donors (Lipinski definition) is 1. The van der Waals surface area contributed by atoms with Crippen LogP contribution >= 0.6 is 0 Å². The molecule has 0 saturated heterocycles. The fraction of sp³-hybridized carbons (Fsp3) is 0.692. The lowest BCUT2D eigenvalue weighted by Gasteiger charge is -2.10. The number of rotatable bonds is 7. The van der Waals surface area contributed by atoms with E-state index in [9.17, 15) is 0 Å². The zero-order valence-electron chi connectivity index (χ0n) is 11.3. The van der Waals surface area contributed by atoms with Gasteiger partial charge in [0.05, 0.1) is 6.61 Å². The molecule has 1 aromatic rings. The average Bonchev–Trinajstić information content (AvgIpc) is 2.25. The minimum absolute atomic E-state index is 0.606. The molecule has 0 aliphatic heterocycles. The van der Waals surface area contributed by atoms with Crippen LogP contribution in [-0.4, -0.2) is 30.2 Å². The van der Waals surface area contributed by atoms with E-state index in [1.54, 1.807) is 7.11 Å². The Morgan fingerprint density at radius 2 is 2.12 bits per heavy atom. The Hall–Kier alpha value is -1.16. The predicted octanol–water partition coefficient (Wildman–Crippen LogP) is 2.30. The van der Waals surface area contributed by atoms with Gasteiger partial charge in [-0.25, -0.2) is 9.97 Å². The van der Waals surface area contributed by atoms with Crippen LogP contribution in [0.1, 0.15) is 32.3 Å². The van der Waals surface area contributed by atoms with Gasteiger partial charge in [0.15, 0.2) is 0 Å². The van der Waals surface area contributed by atoms with Gasteiger partial charge in [0.2, 0.25) is 0 Å². The highest BCUT2D eigenvalue weighted by Crippen LogP contribution is 2.11. The maximum absolute atomic E-state index is 5.07. The molecule has 0 saturated carbocycles. The van der Waals surface area contributed by atoms with Gasteiger partial charge in [-0.05, 0) is 19.3 Å². The Morgan fingerprint density at radius 3 is 2.71 bits per heavy atom. The number of aromatic nitrogens is 2. The molecule has 1 rings (SSSR count). The van der Waals surface area contributed by atoms with Crippen molar-refractivity contribution < 1.29 is 4.74 Å². The molecule has 0 bridgehead atoms. The van der Waals surface area contributed by atoms with Crippen LogP contribution in [0.25, 0.3) is 0 Å². The Balaban J connectivity index is 2.84. The molecule has 0 aromatic carbocycles. The van der Waals surface area contributed by atoms with Crippen LogP contribution in [0.5, 0.6) is 0 Å². The number of anilines is 1. The zero-order valence-corrected chi connectivity index (χ0v) is 11.3. The smallest absolute Gasteiger partial charge is 0.133 e. The van der Waals surface area contributed by atoms with Crippen LogP contribution in [-0.2, 0) is 17.6 Å². The quantitative estimate of drug-likeness (QED) is 0.790. The summed E-state index contributed by atoms with van der Waals surface area (Å²) in [7, 11) is 1.70. The second-order valence-electron chi connectivity index (χ2n) is 4.53. The summed E-state index contributed by atoms with van der Waals surface area (Å²) < 4.78 is 5.07. The van der Waals surface area contributed by atoms with Crippen LogP contribution in [0.15, 0.2) is 6.07 Å². The zero-order chi connectivity index (χ0) is 12.7. The van der Waals surface area contributed by atoms with E-state index in [4.69, 9.17) is 4.74 Å². The molecule has 17 heavy (non-hydrogen) atoms. The lowest BCUT2D eigenvalue weighted by Crippen LogP contribution is -2.09. The van der Waals surface area contributed by atoms with Crippen LogP contribution in [0.4, 0.5) is 5.82 Å². The number of hydrogen-bond acceptors (Lipinski definition) is 4. The molecule has 0 aliphatic carbocycles. The third-order valence-corrected chi connectivity index (χ3v) is 2.33. The van der Waals surface area contributed by atoms with Gasteiger partial charge in [0.1, 0.15) is 11.6 Å². The first kappa shape index (κ1) is 13.9. The third kappa shape index (κ3) is 5.13. The van der Waals surface area contributed by atoms with Gasteiger partial charge in [0, 0.05) is 31.8 Å². The summed E-state index contributed by atoms with van der Waals surface area (Å²) >= 11 is 0. The summed E-state index contributed by atoms with van der Waals surface area (Å²) in [5, 5.41) is 3.25. The average molecular weight is 237 g/mol. The molecule has 1 N–H and O–H groups in total. The van der Waals surface area contributed by atoms with E-state index >= 15 is 0 Å². The van der Waals surface area contributed by atoms with Crippen LogP contribution in [0, 0.1) is 5.92 Å². The Morgan fingerprint density at radius 1 is 1.35 bits per heavy atom. The van der Waals surface area contributed by atoms with Gasteiger partial charge in [-0.2, -0.15) is 0 Å². The van der Waals surface area contributed by atoms with Crippen LogP contribution < -0.4 is 5.32 Å². The highest BCUT2D eigenvalue weighted by atomic mass is 16.5. The highest BCUT2D eigenvalue weighted by Gasteiger charge is 2.06. The Bertz CT molecular complexity index is 339. The number of nitrogens with one attached hydrogen (secondary N) is 1. The molecular weight excluding hydrogens is 214 g/mol. The lowest BCUT2D eigenvalue weighted by molar-refractivity contribution is 0.200. The molecule has 4 nitrogen and oxygen atoms in total. The summed E-state index contributed by atoms with van der Waals surface area (Å²) in [6.45, 7) is 8.01. The first-order valence-corrected chi connectivity index (χ1v) is 6.25. The van der Waals surface area contributed by atoms with Gasteiger partial charge in [0.25, 0.3) is 0 Å². The standard InChI is InChI=1S/C13H23N3O/c1-5-14-13-9-11(8-10(2)3)15-12(16-13)6-7-17-4/h9-10H,5-8H2,1-4H3,(H,14,15,16).